The Bertz CT molecular complexity index is 1150. The molecule has 0 aliphatic carbocycles. The number of nitrogens with one attached hydrogen (secondary N) is 2. The van der Waals surface area contributed by atoms with E-state index in [4.69, 9.17) is 12.2 Å². The van der Waals surface area contributed by atoms with Gasteiger partial charge < -0.3 is 9.72 Å². The zero-order valence-corrected chi connectivity index (χ0v) is 15.1. The van der Waals surface area contributed by atoms with E-state index in [0.29, 0.717) is 17.0 Å². The van der Waals surface area contributed by atoms with Crippen LogP contribution in [0.5, 0.6) is 0 Å². The highest BCUT2D eigenvalue weighted by atomic mass is 32.1. The molecule has 1 aliphatic rings. The number of amides is 1. The molecule has 0 radical (unpaired) electrons. The maximum absolute atomic E-state index is 13.2. The lowest BCUT2D eigenvalue weighted by atomic mass is 10.0. The second-order valence-corrected chi connectivity index (χ2v) is 6.55. The Morgan fingerprint density at radius 2 is 1.89 bits per heavy atom. The number of aromatic nitrogens is 1. The van der Waals surface area contributed by atoms with Crippen LogP contribution in [0.25, 0.3) is 11.6 Å². The molecule has 0 unspecified atom stereocenters. The Kier molecular flexibility index (Phi) is 4.08. The third-order valence-electron chi connectivity index (χ3n) is 4.47. The van der Waals surface area contributed by atoms with Crippen LogP contribution in [0.1, 0.15) is 27.2 Å². The Labute approximate surface area is 159 Å². The van der Waals surface area contributed by atoms with Crippen molar-refractivity contribution >= 4 is 40.6 Å². The first-order chi connectivity index (χ1) is 13.0. The van der Waals surface area contributed by atoms with E-state index in [1.54, 1.807) is 16.7 Å². The van der Waals surface area contributed by atoms with Gasteiger partial charge in [-0.2, -0.15) is 0 Å². The minimum absolute atomic E-state index is 0.224. The normalized spacial score (nSPS) is 15.3. The summed E-state index contributed by atoms with van der Waals surface area (Å²) >= 11 is 4.97. The third-order valence-corrected chi connectivity index (χ3v) is 4.67. The van der Waals surface area contributed by atoms with Crippen LogP contribution in [0.4, 0.5) is 4.39 Å². The first-order valence-electron chi connectivity index (χ1n) is 8.19. The third kappa shape index (κ3) is 2.92. The minimum atomic E-state index is -0.400. The maximum Gasteiger partial charge on any atom is 0.273 e. The van der Waals surface area contributed by atoms with Crippen molar-refractivity contribution in [1.29, 1.82) is 0 Å². The van der Waals surface area contributed by atoms with Gasteiger partial charge in [0.15, 0.2) is 5.11 Å². The fraction of sp³-hybridized carbons (Fsp3) is 0.0500. The zero-order chi connectivity index (χ0) is 19.1. The number of benzene rings is 1. The van der Waals surface area contributed by atoms with Gasteiger partial charge >= 0.3 is 0 Å². The summed E-state index contributed by atoms with van der Waals surface area (Å²) in [5.74, 6) is -0.943. The number of carbonyl (C=O) groups excluding carboxylic acids is 2. The molecular weight excluding hydrogens is 365 g/mol. The molecule has 5 nitrogen and oxygen atoms in total. The van der Waals surface area contributed by atoms with Crippen molar-refractivity contribution in [1.82, 2.24) is 15.0 Å². The van der Waals surface area contributed by atoms with Crippen LogP contribution in [0.3, 0.4) is 0 Å². The molecule has 0 bridgehead atoms. The van der Waals surface area contributed by atoms with Crippen LogP contribution in [0.2, 0.25) is 0 Å². The van der Waals surface area contributed by atoms with Crippen molar-refractivity contribution in [3.05, 3.63) is 82.6 Å². The van der Waals surface area contributed by atoms with E-state index in [1.807, 2.05) is 25.1 Å². The summed E-state index contributed by atoms with van der Waals surface area (Å²) < 4.78 is 15.0. The van der Waals surface area contributed by atoms with Crippen molar-refractivity contribution in [2.75, 3.05) is 0 Å². The van der Waals surface area contributed by atoms with Gasteiger partial charge in [-0.15, -0.1) is 0 Å². The lowest BCUT2D eigenvalue weighted by Crippen LogP contribution is -2.21. The van der Waals surface area contributed by atoms with Crippen LogP contribution in [-0.4, -0.2) is 21.2 Å². The summed E-state index contributed by atoms with van der Waals surface area (Å²) in [5.41, 5.74) is 3.41. The van der Waals surface area contributed by atoms with Crippen molar-refractivity contribution in [2.45, 2.75) is 6.92 Å². The number of pyridine rings is 1. The van der Waals surface area contributed by atoms with E-state index in [-0.39, 0.29) is 16.8 Å². The van der Waals surface area contributed by atoms with Crippen molar-refractivity contribution < 1.29 is 14.0 Å². The van der Waals surface area contributed by atoms with Crippen molar-refractivity contribution in [2.24, 2.45) is 0 Å². The van der Waals surface area contributed by atoms with E-state index >= 15 is 0 Å². The molecule has 3 aromatic rings. The highest BCUT2D eigenvalue weighted by Crippen LogP contribution is 2.27. The van der Waals surface area contributed by atoms with Crippen molar-refractivity contribution in [3.63, 3.8) is 0 Å². The molecule has 1 fully saturated rings. The van der Waals surface area contributed by atoms with E-state index in [9.17, 15) is 14.0 Å². The fourth-order valence-corrected chi connectivity index (χ4v) is 3.39. The summed E-state index contributed by atoms with van der Waals surface area (Å²) in [4.78, 5) is 25.1. The fourth-order valence-electron chi connectivity index (χ4n) is 3.18. The first-order valence-corrected chi connectivity index (χ1v) is 8.60. The molecular formula is C20H14FN3O2S. The SMILES string of the molecule is Cc1c(/C=C2/NC(=S)NC2=O)c2ccccn2c1C(=O)c1ccc(F)cc1. The quantitative estimate of drug-likeness (QED) is 0.417. The van der Waals surface area contributed by atoms with E-state index in [0.717, 1.165) is 16.6 Å². The second kappa shape index (κ2) is 6.44. The Morgan fingerprint density at radius 3 is 2.56 bits per heavy atom. The topological polar surface area (TPSA) is 62.6 Å². The average Bonchev–Trinajstić information content (AvgIpc) is 3.11. The predicted molar refractivity (Wildman–Crippen MR) is 104 cm³/mol. The molecule has 0 saturated carbocycles. The van der Waals surface area contributed by atoms with Gasteiger partial charge in [-0.05, 0) is 67.2 Å². The number of nitrogens with zero attached hydrogens (tertiary/aromatic N) is 1. The lowest BCUT2D eigenvalue weighted by Gasteiger charge is -2.04. The molecule has 2 N–H and O–H groups in total. The summed E-state index contributed by atoms with van der Waals surface area (Å²) in [6.07, 6.45) is 3.47. The van der Waals surface area contributed by atoms with Gasteiger partial charge in [0.05, 0.1) is 11.2 Å². The van der Waals surface area contributed by atoms with Crippen molar-refractivity contribution in [3.8, 4) is 0 Å². The van der Waals surface area contributed by atoms with Gasteiger partial charge in [-0.1, -0.05) is 6.07 Å². The highest BCUT2D eigenvalue weighted by molar-refractivity contribution is 7.80. The van der Waals surface area contributed by atoms with Gasteiger partial charge in [0.1, 0.15) is 11.5 Å². The molecule has 0 atom stereocenters. The number of hydrogen-bond acceptors (Lipinski definition) is 3. The summed E-state index contributed by atoms with van der Waals surface area (Å²) in [6, 6.07) is 11.0. The molecule has 0 spiro atoms. The van der Waals surface area contributed by atoms with Gasteiger partial charge in [0.25, 0.3) is 5.91 Å². The van der Waals surface area contributed by atoms with Gasteiger partial charge in [0, 0.05) is 17.3 Å². The van der Waals surface area contributed by atoms with E-state index < -0.39 is 5.82 Å². The predicted octanol–water partition coefficient (Wildman–Crippen LogP) is 2.96. The standard InChI is InChI=1S/C20H14FN3O2S/c1-11-14(10-15-19(26)23-20(27)22-15)16-4-2-3-9-24(16)17(11)18(25)12-5-7-13(21)8-6-12/h2-10H,1H3,(H2,22,23,26,27)/b15-10+. The molecule has 3 heterocycles. The van der Waals surface area contributed by atoms with Crippen LogP contribution in [0, 0.1) is 12.7 Å². The molecule has 27 heavy (non-hydrogen) atoms. The zero-order valence-electron chi connectivity index (χ0n) is 14.2. The van der Waals surface area contributed by atoms with Gasteiger partial charge in [-0.3, -0.25) is 14.9 Å². The van der Waals surface area contributed by atoms with Crippen LogP contribution in [-0.2, 0) is 4.79 Å². The lowest BCUT2D eigenvalue weighted by molar-refractivity contribution is -0.115. The monoisotopic (exact) mass is 379 g/mol. The summed E-state index contributed by atoms with van der Waals surface area (Å²) in [5, 5.41) is 5.58. The van der Waals surface area contributed by atoms with E-state index in [2.05, 4.69) is 10.6 Å². The number of carbonyl (C=O) groups is 2. The molecule has 1 aromatic carbocycles. The molecule has 1 saturated heterocycles. The molecule has 4 rings (SSSR count). The number of thiocarbonyl (C=S) groups is 1. The number of fused-ring (bicyclic) bond motifs is 1. The van der Waals surface area contributed by atoms with E-state index in [1.165, 1.54) is 24.3 Å². The average molecular weight is 379 g/mol. The molecule has 2 aromatic heterocycles. The molecule has 134 valence electrons. The van der Waals surface area contributed by atoms with Crippen LogP contribution >= 0.6 is 12.2 Å². The summed E-state index contributed by atoms with van der Waals surface area (Å²) in [6.45, 7) is 1.82. The Hall–Kier alpha value is -3.32. The number of rotatable bonds is 3. The maximum atomic E-state index is 13.2. The van der Waals surface area contributed by atoms with Gasteiger partial charge in [0.2, 0.25) is 5.78 Å². The largest absolute Gasteiger partial charge is 0.328 e. The van der Waals surface area contributed by atoms with Crippen LogP contribution in [0.15, 0.2) is 54.4 Å². The molecule has 1 aliphatic heterocycles. The van der Waals surface area contributed by atoms with Crippen LogP contribution < -0.4 is 10.6 Å². The highest BCUT2D eigenvalue weighted by Gasteiger charge is 2.24. The Balaban J connectivity index is 1.90. The number of hydrogen-bond donors (Lipinski definition) is 2. The smallest absolute Gasteiger partial charge is 0.273 e. The Morgan fingerprint density at radius 1 is 1.15 bits per heavy atom. The number of ketones is 1. The number of halogens is 1. The minimum Gasteiger partial charge on any atom is -0.328 e. The summed E-state index contributed by atoms with van der Waals surface area (Å²) in [7, 11) is 0. The first kappa shape index (κ1) is 17.1. The second-order valence-electron chi connectivity index (χ2n) is 6.15. The molecule has 1 amide bonds. The van der Waals surface area contributed by atoms with Gasteiger partial charge in [-0.25, -0.2) is 4.39 Å². The molecule has 7 heteroatoms.